The highest BCUT2D eigenvalue weighted by Crippen LogP contribution is 2.14. The molecule has 0 unspecified atom stereocenters. The van der Waals surface area contributed by atoms with Crippen LogP contribution in [0.25, 0.3) is 0 Å². The Hall–Kier alpha value is -1.99. The number of ether oxygens (including phenoxy) is 1. The molecule has 0 radical (unpaired) electrons. The van der Waals surface area contributed by atoms with Gasteiger partial charge in [-0.2, -0.15) is 13.2 Å². The zero-order valence-electron chi connectivity index (χ0n) is 8.53. The monoisotopic (exact) mass is 250 g/mol. The van der Waals surface area contributed by atoms with Crippen LogP contribution in [0.4, 0.5) is 18.9 Å². The fourth-order valence-electron chi connectivity index (χ4n) is 1.02. The Bertz CT molecular complexity index is 467. The lowest BCUT2D eigenvalue weighted by Gasteiger charge is -2.09. The Morgan fingerprint density at radius 3 is 2.65 bits per heavy atom. The fourth-order valence-corrected chi connectivity index (χ4v) is 1.02. The van der Waals surface area contributed by atoms with Gasteiger partial charge in [0.05, 0.1) is 0 Å². The van der Waals surface area contributed by atoms with E-state index in [0.717, 1.165) is 16.8 Å². The molecule has 1 heterocycles. The number of hydrogen-bond donors (Lipinski definition) is 1. The number of pyridine rings is 1. The highest BCUT2D eigenvalue weighted by atomic mass is 19.4. The maximum Gasteiger partial charge on any atom is 0.422 e. The standard InChI is InChI=1S/C9H9F3N2O3/c10-9(11,12)5-17-8(16)4-14-3-6(13)1-2-7(14)15/h1-3H,4-5,13H2. The molecule has 1 aromatic rings. The third kappa shape index (κ3) is 4.58. The average molecular weight is 250 g/mol. The number of esters is 1. The van der Waals surface area contributed by atoms with Crippen molar-refractivity contribution in [3.8, 4) is 0 Å². The molecular weight excluding hydrogens is 241 g/mol. The maximum atomic E-state index is 11.7. The minimum Gasteiger partial charge on any atom is -0.455 e. The molecule has 0 atom stereocenters. The maximum absolute atomic E-state index is 11.7. The lowest BCUT2D eigenvalue weighted by atomic mass is 10.4. The number of rotatable bonds is 3. The molecule has 0 aliphatic rings. The molecule has 0 saturated heterocycles. The topological polar surface area (TPSA) is 74.3 Å². The molecule has 0 amide bonds. The van der Waals surface area contributed by atoms with Gasteiger partial charge in [-0.1, -0.05) is 0 Å². The molecule has 94 valence electrons. The van der Waals surface area contributed by atoms with E-state index in [9.17, 15) is 22.8 Å². The minimum atomic E-state index is -4.59. The van der Waals surface area contributed by atoms with Crippen LogP contribution in [0.15, 0.2) is 23.1 Å². The highest BCUT2D eigenvalue weighted by Gasteiger charge is 2.29. The summed E-state index contributed by atoms with van der Waals surface area (Å²) in [4.78, 5) is 22.2. The third-order valence-corrected chi connectivity index (χ3v) is 1.70. The average Bonchev–Trinajstić information content (AvgIpc) is 2.20. The summed E-state index contributed by atoms with van der Waals surface area (Å²) in [7, 11) is 0. The smallest absolute Gasteiger partial charge is 0.422 e. The van der Waals surface area contributed by atoms with Crippen LogP contribution >= 0.6 is 0 Å². The number of aromatic nitrogens is 1. The number of carbonyl (C=O) groups excluding carboxylic acids is 1. The van der Waals surface area contributed by atoms with Crippen LogP contribution in [0.3, 0.4) is 0 Å². The van der Waals surface area contributed by atoms with Gasteiger partial charge in [0.1, 0.15) is 6.54 Å². The molecule has 2 N–H and O–H groups in total. The van der Waals surface area contributed by atoms with Gasteiger partial charge in [-0.05, 0) is 6.07 Å². The van der Waals surface area contributed by atoms with Crippen molar-refractivity contribution in [2.75, 3.05) is 12.3 Å². The minimum absolute atomic E-state index is 0.216. The van der Waals surface area contributed by atoms with Gasteiger partial charge >= 0.3 is 12.1 Å². The second kappa shape index (κ2) is 4.89. The van der Waals surface area contributed by atoms with E-state index in [1.54, 1.807) is 0 Å². The Balaban J connectivity index is 2.62. The van der Waals surface area contributed by atoms with Gasteiger partial charge in [0.25, 0.3) is 5.56 Å². The quantitative estimate of drug-likeness (QED) is 0.794. The Kier molecular flexibility index (Phi) is 3.77. The number of nitrogens with zero attached hydrogens (tertiary/aromatic N) is 1. The lowest BCUT2D eigenvalue weighted by molar-refractivity contribution is -0.186. The van der Waals surface area contributed by atoms with Gasteiger partial charge in [0.15, 0.2) is 6.61 Å². The third-order valence-electron chi connectivity index (χ3n) is 1.70. The predicted molar refractivity (Wildman–Crippen MR) is 52.1 cm³/mol. The van der Waals surface area contributed by atoms with Crippen LogP contribution in [0.5, 0.6) is 0 Å². The van der Waals surface area contributed by atoms with Crippen molar-refractivity contribution >= 4 is 11.7 Å². The second-order valence-corrected chi connectivity index (χ2v) is 3.20. The Morgan fingerprint density at radius 1 is 1.41 bits per heavy atom. The second-order valence-electron chi connectivity index (χ2n) is 3.20. The first kappa shape index (κ1) is 13.1. The number of alkyl halides is 3. The molecule has 0 aliphatic carbocycles. The summed E-state index contributed by atoms with van der Waals surface area (Å²) in [6.07, 6.45) is -3.44. The predicted octanol–water partition coefficient (Wildman–Crippen LogP) is 0.536. The first-order valence-corrected chi connectivity index (χ1v) is 4.46. The number of carbonyl (C=O) groups is 1. The van der Waals surface area contributed by atoms with Gasteiger partial charge in [-0.15, -0.1) is 0 Å². The molecular formula is C9H9F3N2O3. The van der Waals surface area contributed by atoms with E-state index >= 15 is 0 Å². The fraction of sp³-hybridized carbons (Fsp3) is 0.333. The molecule has 8 heteroatoms. The van der Waals surface area contributed by atoms with Gasteiger partial charge in [-0.25, -0.2) is 0 Å². The molecule has 1 rings (SSSR count). The van der Waals surface area contributed by atoms with Crippen LogP contribution < -0.4 is 11.3 Å². The number of anilines is 1. The van der Waals surface area contributed by atoms with Crippen molar-refractivity contribution in [1.82, 2.24) is 4.57 Å². The summed E-state index contributed by atoms with van der Waals surface area (Å²) in [5.74, 6) is -1.16. The van der Waals surface area contributed by atoms with Crippen molar-refractivity contribution in [1.29, 1.82) is 0 Å². The van der Waals surface area contributed by atoms with Crippen molar-refractivity contribution in [2.24, 2.45) is 0 Å². The highest BCUT2D eigenvalue weighted by molar-refractivity contribution is 5.69. The van der Waals surface area contributed by atoms with Gasteiger partial charge in [0.2, 0.25) is 0 Å². The van der Waals surface area contributed by atoms with Crippen LogP contribution in [0.1, 0.15) is 0 Å². The van der Waals surface area contributed by atoms with Crippen LogP contribution in [-0.4, -0.2) is 23.3 Å². The van der Waals surface area contributed by atoms with E-state index < -0.39 is 30.9 Å². The first-order valence-electron chi connectivity index (χ1n) is 4.46. The zero-order valence-corrected chi connectivity index (χ0v) is 8.53. The summed E-state index contributed by atoms with van der Waals surface area (Å²) >= 11 is 0. The zero-order chi connectivity index (χ0) is 13.1. The van der Waals surface area contributed by atoms with Gasteiger partial charge in [-0.3, -0.25) is 9.59 Å². The van der Waals surface area contributed by atoms with Crippen LogP contribution in [0, 0.1) is 0 Å². The molecule has 0 aromatic carbocycles. The molecule has 1 aromatic heterocycles. The van der Waals surface area contributed by atoms with E-state index in [1.807, 2.05) is 0 Å². The van der Waals surface area contributed by atoms with Crippen molar-refractivity contribution in [2.45, 2.75) is 12.7 Å². The summed E-state index contributed by atoms with van der Waals surface area (Å²) < 4.78 is 40.0. The van der Waals surface area contributed by atoms with Crippen molar-refractivity contribution in [3.05, 3.63) is 28.7 Å². The van der Waals surface area contributed by atoms with E-state index in [0.29, 0.717) is 0 Å². The van der Waals surface area contributed by atoms with Crippen molar-refractivity contribution in [3.63, 3.8) is 0 Å². The number of nitrogens with two attached hydrogens (primary N) is 1. The Labute approximate surface area is 93.6 Å². The summed E-state index contributed by atoms with van der Waals surface area (Å²) in [5.41, 5.74) is 5.02. The Morgan fingerprint density at radius 2 is 2.06 bits per heavy atom. The summed E-state index contributed by atoms with van der Waals surface area (Å²) in [6, 6.07) is 2.42. The van der Waals surface area contributed by atoms with E-state index in [-0.39, 0.29) is 5.69 Å². The molecule has 0 fully saturated rings. The summed E-state index contributed by atoms with van der Waals surface area (Å²) in [5, 5.41) is 0. The number of nitrogen functional groups attached to an aromatic ring is 1. The normalized spacial score (nSPS) is 11.2. The molecule has 17 heavy (non-hydrogen) atoms. The SMILES string of the molecule is Nc1ccc(=O)n(CC(=O)OCC(F)(F)F)c1. The van der Waals surface area contributed by atoms with Gasteiger partial charge < -0.3 is 15.0 Å². The van der Waals surface area contributed by atoms with Gasteiger partial charge in [0, 0.05) is 18.0 Å². The number of halogens is 3. The lowest BCUT2D eigenvalue weighted by Crippen LogP contribution is -2.27. The molecule has 0 aliphatic heterocycles. The number of hydrogen-bond acceptors (Lipinski definition) is 4. The largest absolute Gasteiger partial charge is 0.455 e. The van der Waals surface area contributed by atoms with Crippen molar-refractivity contribution < 1.29 is 22.7 Å². The van der Waals surface area contributed by atoms with Crippen LogP contribution in [0.2, 0.25) is 0 Å². The molecule has 0 bridgehead atoms. The molecule has 0 saturated carbocycles. The van der Waals surface area contributed by atoms with Crippen LogP contribution in [-0.2, 0) is 16.1 Å². The molecule has 5 nitrogen and oxygen atoms in total. The molecule has 0 spiro atoms. The van der Waals surface area contributed by atoms with E-state index in [2.05, 4.69) is 4.74 Å². The summed E-state index contributed by atoms with van der Waals surface area (Å²) in [6.45, 7) is -2.29. The first-order chi connectivity index (χ1) is 7.78. The van der Waals surface area contributed by atoms with E-state index in [1.165, 1.54) is 6.07 Å². The van der Waals surface area contributed by atoms with E-state index in [4.69, 9.17) is 5.73 Å².